The minimum atomic E-state index is -0.737. The molecule has 0 radical (unpaired) electrons. The van der Waals surface area contributed by atoms with E-state index >= 15 is 0 Å². The lowest BCUT2D eigenvalue weighted by Crippen LogP contribution is -2.10. The Balaban J connectivity index is 1.89. The van der Waals surface area contributed by atoms with Crippen molar-refractivity contribution in [3.8, 4) is 0 Å². The maximum atomic E-state index is 13.2. The van der Waals surface area contributed by atoms with Crippen LogP contribution >= 0.6 is 0 Å². The van der Waals surface area contributed by atoms with Gasteiger partial charge in [0.05, 0.1) is 6.21 Å². The van der Waals surface area contributed by atoms with Crippen LogP contribution in [-0.4, -0.2) is 12.3 Å². The van der Waals surface area contributed by atoms with Gasteiger partial charge in [-0.2, -0.15) is 0 Å². The first-order valence-corrected chi connectivity index (χ1v) is 5.56. The lowest BCUT2D eigenvalue weighted by molar-refractivity contribution is 0.167. The van der Waals surface area contributed by atoms with Crippen LogP contribution in [0.5, 0.6) is 0 Å². The van der Waals surface area contributed by atoms with E-state index in [4.69, 9.17) is 0 Å². The zero-order chi connectivity index (χ0) is 13.5. The van der Waals surface area contributed by atoms with E-state index in [0.29, 0.717) is 5.69 Å². The molecule has 4 nitrogen and oxygen atoms in total. The standard InChI is InChI=1S/C14H11FN2O2/c15-13-9-5-4-6-11(13)10-16-19-14(18)17-12-7-2-1-3-8-12/h1-10H,(H,17,18). The summed E-state index contributed by atoms with van der Waals surface area (Å²) >= 11 is 0. The third-order valence-electron chi connectivity index (χ3n) is 2.25. The van der Waals surface area contributed by atoms with Crippen molar-refractivity contribution in [1.29, 1.82) is 0 Å². The minimum absolute atomic E-state index is 0.245. The first kappa shape index (κ1) is 12.8. The number of anilines is 1. The van der Waals surface area contributed by atoms with Gasteiger partial charge < -0.3 is 0 Å². The number of nitrogens with zero attached hydrogens (tertiary/aromatic N) is 1. The predicted octanol–water partition coefficient (Wildman–Crippen LogP) is 3.41. The Bertz CT molecular complexity index is 585. The number of carbonyl (C=O) groups is 1. The van der Waals surface area contributed by atoms with Crippen LogP contribution in [0.2, 0.25) is 0 Å². The molecule has 0 atom stereocenters. The number of hydrogen-bond acceptors (Lipinski definition) is 3. The number of amides is 1. The Kier molecular flexibility index (Phi) is 4.23. The van der Waals surface area contributed by atoms with E-state index in [9.17, 15) is 9.18 Å². The number of hydrogen-bond donors (Lipinski definition) is 1. The summed E-state index contributed by atoms with van der Waals surface area (Å²) in [5, 5.41) is 5.90. The SMILES string of the molecule is O=C(Nc1ccccc1)ON=Cc1ccccc1F. The second kappa shape index (κ2) is 6.30. The van der Waals surface area contributed by atoms with E-state index in [-0.39, 0.29) is 5.56 Å². The Morgan fingerprint density at radius 1 is 1.11 bits per heavy atom. The van der Waals surface area contributed by atoms with E-state index < -0.39 is 11.9 Å². The molecule has 5 heteroatoms. The van der Waals surface area contributed by atoms with Crippen LogP contribution in [-0.2, 0) is 4.84 Å². The maximum absolute atomic E-state index is 13.2. The van der Waals surface area contributed by atoms with E-state index in [1.165, 1.54) is 12.1 Å². The fourth-order valence-electron chi connectivity index (χ4n) is 1.37. The molecule has 0 spiro atoms. The van der Waals surface area contributed by atoms with Gasteiger partial charge >= 0.3 is 6.09 Å². The number of oxime groups is 1. The van der Waals surface area contributed by atoms with Crippen molar-refractivity contribution in [2.45, 2.75) is 0 Å². The number of carbonyl (C=O) groups excluding carboxylic acids is 1. The van der Waals surface area contributed by atoms with E-state index in [1.807, 2.05) is 6.07 Å². The molecule has 1 N–H and O–H groups in total. The van der Waals surface area contributed by atoms with Crippen molar-refractivity contribution in [2.75, 3.05) is 5.32 Å². The number of benzene rings is 2. The van der Waals surface area contributed by atoms with Crippen LogP contribution in [0.1, 0.15) is 5.56 Å². The molecule has 0 fully saturated rings. The van der Waals surface area contributed by atoms with Gasteiger partial charge in [0.2, 0.25) is 0 Å². The predicted molar refractivity (Wildman–Crippen MR) is 70.5 cm³/mol. The maximum Gasteiger partial charge on any atom is 0.437 e. The van der Waals surface area contributed by atoms with Crippen LogP contribution in [0.3, 0.4) is 0 Å². The molecule has 0 heterocycles. The zero-order valence-electron chi connectivity index (χ0n) is 9.92. The van der Waals surface area contributed by atoms with Gasteiger partial charge in [0.15, 0.2) is 0 Å². The highest BCUT2D eigenvalue weighted by molar-refractivity contribution is 5.85. The molecule has 0 aliphatic rings. The average Bonchev–Trinajstić information content (AvgIpc) is 2.42. The molecule has 0 saturated heterocycles. The zero-order valence-corrected chi connectivity index (χ0v) is 9.92. The minimum Gasteiger partial charge on any atom is -0.298 e. The summed E-state index contributed by atoms with van der Waals surface area (Å²) in [6.45, 7) is 0. The fourth-order valence-corrected chi connectivity index (χ4v) is 1.37. The van der Waals surface area contributed by atoms with E-state index in [0.717, 1.165) is 6.21 Å². The Labute approximate surface area is 109 Å². The van der Waals surface area contributed by atoms with Crippen LogP contribution in [0.25, 0.3) is 0 Å². The molecule has 0 aromatic heterocycles. The topological polar surface area (TPSA) is 50.7 Å². The second-order valence-corrected chi connectivity index (χ2v) is 3.63. The lowest BCUT2D eigenvalue weighted by Gasteiger charge is -2.01. The first-order chi connectivity index (χ1) is 9.25. The normalized spacial score (nSPS) is 10.4. The third-order valence-corrected chi connectivity index (χ3v) is 2.25. The van der Waals surface area contributed by atoms with E-state index in [2.05, 4.69) is 15.3 Å². The van der Waals surface area contributed by atoms with Crippen molar-refractivity contribution >= 4 is 18.0 Å². The summed E-state index contributed by atoms with van der Waals surface area (Å²) in [5.74, 6) is -0.432. The summed E-state index contributed by atoms with van der Waals surface area (Å²) in [5.41, 5.74) is 0.837. The van der Waals surface area contributed by atoms with Gasteiger partial charge in [-0.15, -0.1) is 0 Å². The van der Waals surface area contributed by atoms with Crippen LogP contribution in [0, 0.1) is 5.82 Å². The van der Waals surface area contributed by atoms with Crippen LogP contribution in [0.4, 0.5) is 14.9 Å². The summed E-state index contributed by atoms with van der Waals surface area (Å²) in [4.78, 5) is 15.9. The van der Waals surface area contributed by atoms with Gasteiger partial charge in [-0.05, 0) is 18.2 Å². The fraction of sp³-hybridized carbons (Fsp3) is 0. The highest BCUT2D eigenvalue weighted by atomic mass is 19.1. The molecular formula is C14H11FN2O2. The highest BCUT2D eigenvalue weighted by Gasteiger charge is 2.02. The molecular weight excluding hydrogens is 247 g/mol. The Morgan fingerprint density at radius 2 is 1.79 bits per heavy atom. The second-order valence-electron chi connectivity index (χ2n) is 3.63. The summed E-state index contributed by atoms with van der Waals surface area (Å²) in [7, 11) is 0. The van der Waals surface area contributed by atoms with E-state index in [1.54, 1.807) is 36.4 Å². The molecule has 2 aromatic carbocycles. The number of halogens is 1. The molecule has 2 rings (SSSR count). The van der Waals surface area contributed by atoms with Crippen LogP contribution in [0.15, 0.2) is 59.8 Å². The van der Waals surface area contributed by atoms with Gasteiger partial charge in [-0.25, -0.2) is 9.18 Å². The monoisotopic (exact) mass is 258 g/mol. The molecule has 0 bridgehead atoms. The summed E-state index contributed by atoms with van der Waals surface area (Å²) in [6, 6.07) is 14.8. The van der Waals surface area contributed by atoms with Crippen LogP contribution < -0.4 is 5.32 Å². The molecule has 19 heavy (non-hydrogen) atoms. The first-order valence-electron chi connectivity index (χ1n) is 5.56. The van der Waals surface area contributed by atoms with Crippen molar-refractivity contribution < 1.29 is 14.0 Å². The van der Waals surface area contributed by atoms with Crippen molar-refractivity contribution in [1.82, 2.24) is 0 Å². The Morgan fingerprint density at radius 3 is 2.53 bits per heavy atom. The summed E-state index contributed by atoms with van der Waals surface area (Å²) in [6.07, 6.45) is 0.402. The molecule has 1 amide bonds. The average molecular weight is 258 g/mol. The van der Waals surface area contributed by atoms with Gasteiger partial charge in [-0.3, -0.25) is 10.2 Å². The lowest BCUT2D eigenvalue weighted by atomic mass is 10.2. The molecule has 2 aromatic rings. The van der Waals surface area contributed by atoms with Gasteiger partial charge in [-0.1, -0.05) is 41.6 Å². The number of para-hydroxylation sites is 1. The number of nitrogens with one attached hydrogen (secondary N) is 1. The molecule has 0 unspecified atom stereocenters. The van der Waals surface area contributed by atoms with Crippen molar-refractivity contribution in [2.24, 2.45) is 5.16 Å². The van der Waals surface area contributed by atoms with Gasteiger partial charge in [0.25, 0.3) is 0 Å². The quantitative estimate of drug-likeness (QED) is 0.521. The smallest absolute Gasteiger partial charge is 0.298 e. The molecule has 0 aliphatic heterocycles. The third kappa shape index (κ3) is 3.92. The molecule has 96 valence electrons. The van der Waals surface area contributed by atoms with Crippen molar-refractivity contribution in [3.63, 3.8) is 0 Å². The van der Waals surface area contributed by atoms with Gasteiger partial charge in [0, 0.05) is 11.3 Å². The molecule has 0 saturated carbocycles. The summed E-state index contributed by atoms with van der Waals surface area (Å²) < 4.78 is 13.2. The molecule has 0 aliphatic carbocycles. The highest BCUT2D eigenvalue weighted by Crippen LogP contribution is 2.06. The van der Waals surface area contributed by atoms with Crippen molar-refractivity contribution in [3.05, 3.63) is 66.0 Å². The van der Waals surface area contributed by atoms with Gasteiger partial charge in [0.1, 0.15) is 5.82 Å². The Hall–Kier alpha value is -2.69. The number of rotatable bonds is 3. The largest absolute Gasteiger partial charge is 0.437 e.